The van der Waals surface area contributed by atoms with E-state index in [1.807, 2.05) is 31.6 Å². The monoisotopic (exact) mass is 499 g/mol. The van der Waals surface area contributed by atoms with Gasteiger partial charge in [-0.05, 0) is 113 Å². The van der Waals surface area contributed by atoms with Gasteiger partial charge in [0.2, 0.25) is 5.91 Å². The molecule has 1 heterocycles. The first-order valence-corrected chi connectivity index (χ1v) is 14.8. The normalized spacial score (nSPS) is 42.2. The maximum atomic E-state index is 13.6. The average molecular weight is 500 g/mol. The van der Waals surface area contributed by atoms with Gasteiger partial charge < -0.3 is 15.2 Å². The Hall–Kier alpha value is -1.40. The largest absolute Gasteiger partial charge is 0.387 e. The molecule has 0 aliphatic heterocycles. The fourth-order valence-corrected chi connectivity index (χ4v) is 9.72. The molecule has 2 N–H and O–H groups in total. The summed E-state index contributed by atoms with van der Waals surface area (Å²) in [5.41, 5.74) is 0.830. The Kier molecular flexibility index (Phi) is 7.08. The maximum absolute atomic E-state index is 13.6. The number of nitrogens with zero attached hydrogens (tertiary/aromatic N) is 2. The Labute approximate surface area is 217 Å². The molecule has 4 saturated carbocycles. The van der Waals surface area contributed by atoms with Crippen molar-refractivity contribution in [2.24, 2.45) is 47.5 Å². The first-order valence-electron chi connectivity index (χ1n) is 14.8. The number of carbonyl (C=O) groups is 1. The molecule has 1 aromatic heterocycles. The summed E-state index contributed by atoms with van der Waals surface area (Å²) in [7, 11) is 1.92. The number of hydrogen-bond donors (Lipinski definition) is 2. The highest BCUT2D eigenvalue weighted by molar-refractivity contribution is 5.92. The molecule has 8 atom stereocenters. The Balaban J connectivity index is 1.35. The van der Waals surface area contributed by atoms with Gasteiger partial charge in [0, 0.05) is 31.3 Å². The van der Waals surface area contributed by atoms with Crippen LogP contribution in [0.4, 0.5) is 5.82 Å². The zero-order valence-corrected chi connectivity index (χ0v) is 23.3. The van der Waals surface area contributed by atoms with Crippen molar-refractivity contribution in [3.63, 3.8) is 0 Å². The van der Waals surface area contributed by atoms with Gasteiger partial charge >= 0.3 is 0 Å². The van der Waals surface area contributed by atoms with Gasteiger partial charge in [-0.2, -0.15) is 5.10 Å². The van der Waals surface area contributed by atoms with E-state index in [9.17, 15) is 9.90 Å². The van der Waals surface area contributed by atoms with Crippen LogP contribution in [-0.2, 0) is 16.6 Å². The van der Waals surface area contributed by atoms with Crippen molar-refractivity contribution in [1.29, 1.82) is 0 Å². The second-order valence-corrected chi connectivity index (χ2v) is 13.1. The lowest BCUT2D eigenvalue weighted by molar-refractivity contribution is -0.185. The zero-order valence-electron chi connectivity index (χ0n) is 23.3. The molecule has 4 aliphatic rings. The summed E-state index contributed by atoms with van der Waals surface area (Å²) in [6, 6.07) is 1.97. The van der Waals surface area contributed by atoms with Crippen LogP contribution in [0.5, 0.6) is 0 Å². The van der Waals surface area contributed by atoms with Gasteiger partial charge in [0.25, 0.3) is 0 Å². The molecule has 5 rings (SSSR count). The van der Waals surface area contributed by atoms with Crippen LogP contribution in [0.15, 0.2) is 6.07 Å². The number of aliphatic hydroxyl groups is 1. The van der Waals surface area contributed by atoms with Crippen molar-refractivity contribution < 1.29 is 14.6 Å². The first-order chi connectivity index (χ1) is 17.2. The quantitative estimate of drug-likeness (QED) is 0.513. The highest BCUT2D eigenvalue weighted by Crippen LogP contribution is 2.68. The van der Waals surface area contributed by atoms with E-state index in [0.717, 1.165) is 50.1 Å². The summed E-state index contributed by atoms with van der Waals surface area (Å²) in [6.07, 6.45) is 12.4. The fraction of sp³-hybridized carbons (Fsp3) is 0.867. The number of ether oxygens (including phenoxy) is 1. The van der Waals surface area contributed by atoms with Gasteiger partial charge in [-0.15, -0.1) is 0 Å². The number of anilines is 1. The van der Waals surface area contributed by atoms with E-state index in [2.05, 4.69) is 24.3 Å². The Morgan fingerprint density at radius 2 is 1.97 bits per heavy atom. The molecule has 0 radical (unpaired) electrons. The Bertz CT molecular complexity index is 942. The highest BCUT2D eigenvalue weighted by Gasteiger charge is 2.62. The van der Waals surface area contributed by atoms with Gasteiger partial charge in [-0.3, -0.25) is 9.48 Å². The van der Waals surface area contributed by atoms with Crippen molar-refractivity contribution in [3.8, 4) is 0 Å². The number of nitrogens with one attached hydrogen (secondary N) is 1. The smallest absolute Gasteiger partial charge is 0.229 e. The number of carbonyl (C=O) groups excluding carboxylic acids is 1. The standard InChI is InChI=1S/C30H49N3O3/c1-6-30-16-15-29(35,19-36-7-2)18-21(30)11-12-22-23-9-8-10-25(28(23,4)14-13-24(22)30)27(34)31-26-17-20(3)33(5)32-26/h17,21-25,35H,6-16,18-19H2,1-5H3,(H,31,32,34)/t21-,22+,23+,24+,25-,28+,29-,30+/m1/s1. The lowest BCUT2D eigenvalue weighted by Gasteiger charge is -2.65. The van der Waals surface area contributed by atoms with E-state index >= 15 is 0 Å². The molecule has 0 unspecified atom stereocenters. The van der Waals surface area contributed by atoms with E-state index in [4.69, 9.17) is 4.74 Å². The molecular weight excluding hydrogens is 450 g/mol. The van der Waals surface area contributed by atoms with E-state index in [1.165, 1.54) is 32.1 Å². The molecule has 4 aliphatic carbocycles. The van der Waals surface area contributed by atoms with Crippen LogP contribution in [0, 0.1) is 47.3 Å². The minimum atomic E-state index is -0.646. The van der Waals surface area contributed by atoms with E-state index in [1.54, 1.807) is 0 Å². The Morgan fingerprint density at radius 1 is 1.17 bits per heavy atom. The number of aryl methyl sites for hydroxylation is 2. The summed E-state index contributed by atoms with van der Waals surface area (Å²) in [5, 5.41) is 19.0. The summed E-state index contributed by atoms with van der Waals surface area (Å²) in [5.74, 6) is 3.60. The average Bonchev–Trinajstić information content (AvgIpc) is 3.17. The molecule has 202 valence electrons. The second kappa shape index (κ2) is 9.72. The predicted octanol–water partition coefficient (Wildman–Crippen LogP) is 5.87. The topological polar surface area (TPSA) is 76.4 Å². The lowest BCUT2D eigenvalue weighted by atomic mass is 9.40. The van der Waals surface area contributed by atoms with Crippen LogP contribution in [0.2, 0.25) is 0 Å². The number of hydrogen-bond acceptors (Lipinski definition) is 4. The maximum Gasteiger partial charge on any atom is 0.229 e. The first kappa shape index (κ1) is 26.2. The van der Waals surface area contributed by atoms with Crippen molar-refractivity contribution in [3.05, 3.63) is 11.8 Å². The van der Waals surface area contributed by atoms with Crippen LogP contribution in [0.3, 0.4) is 0 Å². The van der Waals surface area contributed by atoms with Crippen LogP contribution in [0.25, 0.3) is 0 Å². The molecule has 6 nitrogen and oxygen atoms in total. The molecule has 0 spiro atoms. The summed E-state index contributed by atoms with van der Waals surface area (Å²) < 4.78 is 7.53. The van der Waals surface area contributed by atoms with Gasteiger partial charge in [-0.1, -0.05) is 20.3 Å². The molecule has 0 aromatic carbocycles. The van der Waals surface area contributed by atoms with Crippen LogP contribution in [-0.4, -0.2) is 39.6 Å². The molecule has 1 aromatic rings. The molecule has 1 amide bonds. The van der Waals surface area contributed by atoms with Gasteiger partial charge in [0.05, 0.1) is 12.2 Å². The van der Waals surface area contributed by atoms with E-state index in [0.29, 0.717) is 42.2 Å². The Morgan fingerprint density at radius 3 is 2.67 bits per heavy atom. The summed E-state index contributed by atoms with van der Waals surface area (Å²) in [4.78, 5) is 13.6. The molecule has 0 bridgehead atoms. The van der Waals surface area contributed by atoms with Gasteiger partial charge in [0.1, 0.15) is 0 Å². The summed E-state index contributed by atoms with van der Waals surface area (Å²) >= 11 is 0. The third-order valence-corrected chi connectivity index (χ3v) is 11.7. The SMILES string of the molecule is CCOC[C@@]1(O)CC[C@@]2(CC)[C@H](CC[C@H]3[C@@H]4CCC[C@H](C(=O)Nc5cc(C)n(C)n5)[C@@]4(C)CC[C@@H]32)C1. The van der Waals surface area contributed by atoms with Crippen molar-refractivity contribution in [2.75, 3.05) is 18.5 Å². The van der Waals surface area contributed by atoms with Gasteiger partial charge in [0.15, 0.2) is 5.82 Å². The predicted molar refractivity (Wildman–Crippen MR) is 142 cm³/mol. The van der Waals surface area contributed by atoms with Gasteiger partial charge in [-0.25, -0.2) is 0 Å². The number of fused-ring (bicyclic) bond motifs is 5. The number of rotatable bonds is 6. The molecular formula is C30H49N3O3. The third-order valence-electron chi connectivity index (χ3n) is 11.7. The number of aromatic nitrogens is 2. The number of amides is 1. The third kappa shape index (κ3) is 4.24. The molecule has 0 saturated heterocycles. The molecule has 4 fully saturated rings. The highest BCUT2D eigenvalue weighted by atomic mass is 16.5. The minimum absolute atomic E-state index is 0.0671. The fourth-order valence-electron chi connectivity index (χ4n) is 9.72. The second-order valence-electron chi connectivity index (χ2n) is 13.1. The van der Waals surface area contributed by atoms with Crippen LogP contribution in [0.1, 0.15) is 97.1 Å². The minimum Gasteiger partial charge on any atom is -0.387 e. The summed E-state index contributed by atoms with van der Waals surface area (Å²) in [6.45, 7) is 10.0. The van der Waals surface area contributed by atoms with E-state index in [-0.39, 0.29) is 17.2 Å². The molecule has 6 heteroatoms. The lowest BCUT2D eigenvalue weighted by Crippen LogP contribution is -2.60. The van der Waals surface area contributed by atoms with Crippen molar-refractivity contribution in [1.82, 2.24) is 9.78 Å². The zero-order chi connectivity index (χ0) is 25.7. The van der Waals surface area contributed by atoms with Crippen molar-refractivity contribution in [2.45, 2.75) is 104 Å². The van der Waals surface area contributed by atoms with Crippen LogP contribution >= 0.6 is 0 Å². The van der Waals surface area contributed by atoms with E-state index < -0.39 is 5.60 Å². The van der Waals surface area contributed by atoms with Crippen molar-refractivity contribution >= 4 is 11.7 Å². The van der Waals surface area contributed by atoms with Crippen LogP contribution < -0.4 is 5.32 Å². The molecule has 36 heavy (non-hydrogen) atoms.